The molecular formula is C11H12INO. The van der Waals surface area contributed by atoms with Crippen LogP contribution >= 0.6 is 22.6 Å². The van der Waals surface area contributed by atoms with Crippen LogP contribution in [0, 0.1) is 3.57 Å². The van der Waals surface area contributed by atoms with Gasteiger partial charge in [0.1, 0.15) is 0 Å². The molecule has 2 rings (SSSR count). The van der Waals surface area contributed by atoms with Gasteiger partial charge in [-0.1, -0.05) is 6.07 Å². The first-order valence-corrected chi connectivity index (χ1v) is 5.77. The zero-order valence-corrected chi connectivity index (χ0v) is 10.4. The summed E-state index contributed by atoms with van der Waals surface area (Å²) in [5, 5.41) is 0. The van der Waals surface area contributed by atoms with E-state index in [1.807, 2.05) is 17.0 Å². The molecule has 1 aromatic carbocycles. The first-order valence-electron chi connectivity index (χ1n) is 4.69. The number of carbonyl (C=O) groups is 1. The van der Waals surface area contributed by atoms with Crippen LogP contribution in [0.25, 0.3) is 0 Å². The molecule has 1 aliphatic heterocycles. The van der Waals surface area contributed by atoms with Gasteiger partial charge < -0.3 is 4.90 Å². The lowest BCUT2D eigenvalue weighted by Crippen LogP contribution is -2.30. The summed E-state index contributed by atoms with van der Waals surface area (Å²) in [6.07, 6.45) is 0. The van der Waals surface area contributed by atoms with E-state index < -0.39 is 0 Å². The number of halogens is 1. The maximum atomic E-state index is 11.9. The normalized spacial score (nSPS) is 15.1. The molecule has 1 amide bonds. The number of hydrogen-bond donors (Lipinski definition) is 0. The summed E-state index contributed by atoms with van der Waals surface area (Å²) in [6.45, 7) is 4.87. The highest BCUT2D eigenvalue weighted by Crippen LogP contribution is 2.28. The minimum atomic E-state index is 0.175. The first kappa shape index (κ1) is 9.96. The van der Waals surface area contributed by atoms with Crippen molar-refractivity contribution in [1.29, 1.82) is 0 Å². The smallest absolute Gasteiger partial charge is 0.254 e. The summed E-state index contributed by atoms with van der Waals surface area (Å²) < 4.78 is 1.19. The van der Waals surface area contributed by atoms with E-state index in [1.165, 1.54) is 9.13 Å². The highest BCUT2D eigenvalue weighted by molar-refractivity contribution is 14.1. The molecule has 0 spiro atoms. The predicted molar refractivity (Wildman–Crippen MR) is 64.2 cm³/mol. The monoisotopic (exact) mass is 301 g/mol. The van der Waals surface area contributed by atoms with E-state index in [4.69, 9.17) is 0 Å². The van der Waals surface area contributed by atoms with Gasteiger partial charge in [-0.2, -0.15) is 0 Å². The van der Waals surface area contributed by atoms with E-state index in [2.05, 4.69) is 42.5 Å². The van der Waals surface area contributed by atoms with Gasteiger partial charge in [0.05, 0.1) is 0 Å². The summed E-state index contributed by atoms with van der Waals surface area (Å²) in [6, 6.07) is 6.20. The molecule has 1 heterocycles. The zero-order valence-electron chi connectivity index (χ0n) is 8.25. The van der Waals surface area contributed by atoms with Crippen molar-refractivity contribution in [3.63, 3.8) is 0 Å². The van der Waals surface area contributed by atoms with Crippen LogP contribution in [-0.4, -0.2) is 16.8 Å². The molecule has 0 aliphatic carbocycles. The average Bonchev–Trinajstić information content (AvgIpc) is 2.46. The van der Waals surface area contributed by atoms with Crippen molar-refractivity contribution in [1.82, 2.24) is 4.90 Å². The Balaban J connectivity index is 2.45. The van der Waals surface area contributed by atoms with Gasteiger partial charge in [0.15, 0.2) is 0 Å². The van der Waals surface area contributed by atoms with Crippen LogP contribution < -0.4 is 0 Å². The topological polar surface area (TPSA) is 20.3 Å². The van der Waals surface area contributed by atoms with Gasteiger partial charge in [-0.3, -0.25) is 4.79 Å². The Morgan fingerprint density at radius 2 is 2.14 bits per heavy atom. The molecule has 1 aromatic rings. The third-order valence-corrected chi connectivity index (χ3v) is 3.57. The van der Waals surface area contributed by atoms with E-state index in [0.29, 0.717) is 0 Å². The quantitative estimate of drug-likeness (QED) is 0.730. The van der Waals surface area contributed by atoms with Gasteiger partial charge in [0, 0.05) is 21.7 Å². The Bertz CT molecular complexity index is 387. The van der Waals surface area contributed by atoms with E-state index >= 15 is 0 Å². The third-order valence-electron chi connectivity index (χ3n) is 2.56. The molecule has 0 unspecified atom stereocenters. The Kier molecular flexibility index (Phi) is 2.51. The molecule has 0 bridgehead atoms. The molecule has 0 fully saturated rings. The van der Waals surface area contributed by atoms with Gasteiger partial charge in [0.25, 0.3) is 5.91 Å². The summed E-state index contributed by atoms with van der Waals surface area (Å²) in [4.78, 5) is 13.8. The number of benzene rings is 1. The number of amides is 1. The first-order chi connectivity index (χ1) is 6.61. The lowest BCUT2D eigenvalue weighted by molar-refractivity contribution is 0.0730. The second-order valence-corrected chi connectivity index (χ2v) is 4.95. The fraction of sp³-hybridized carbons (Fsp3) is 0.364. The largest absolute Gasteiger partial charge is 0.332 e. The van der Waals surface area contributed by atoms with Crippen molar-refractivity contribution in [3.8, 4) is 0 Å². The summed E-state index contributed by atoms with van der Waals surface area (Å²) >= 11 is 2.29. The van der Waals surface area contributed by atoms with Crippen molar-refractivity contribution >= 4 is 28.5 Å². The third kappa shape index (κ3) is 1.43. The molecule has 0 saturated heterocycles. The van der Waals surface area contributed by atoms with Crippen LogP contribution in [0.4, 0.5) is 0 Å². The molecule has 1 aliphatic rings. The van der Waals surface area contributed by atoms with E-state index in [1.54, 1.807) is 0 Å². The Morgan fingerprint density at radius 3 is 2.71 bits per heavy atom. The molecule has 0 saturated carbocycles. The van der Waals surface area contributed by atoms with Crippen LogP contribution in [0.2, 0.25) is 0 Å². The second-order valence-electron chi connectivity index (χ2n) is 3.79. The molecule has 0 aromatic heterocycles. The summed E-state index contributed by atoms with van der Waals surface area (Å²) in [5.74, 6) is 0.175. The van der Waals surface area contributed by atoms with Gasteiger partial charge in [-0.05, 0) is 54.1 Å². The average molecular weight is 301 g/mol. The number of carbonyl (C=O) groups excluding carboxylic acids is 1. The molecule has 2 nitrogen and oxygen atoms in total. The van der Waals surface area contributed by atoms with Crippen molar-refractivity contribution in [2.24, 2.45) is 0 Å². The molecule has 14 heavy (non-hydrogen) atoms. The van der Waals surface area contributed by atoms with Gasteiger partial charge in [-0.15, -0.1) is 0 Å². The predicted octanol–water partition coefficient (Wildman–Crippen LogP) is 2.66. The van der Waals surface area contributed by atoms with E-state index in [9.17, 15) is 4.79 Å². The lowest BCUT2D eigenvalue weighted by atomic mass is 10.1. The van der Waals surface area contributed by atoms with Crippen molar-refractivity contribution in [2.75, 3.05) is 0 Å². The number of hydrogen-bond acceptors (Lipinski definition) is 1. The van der Waals surface area contributed by atoms with Crippen LogP contribution in [-0.2, 0) is 6.54 Å². The highest BCUT2D eigenvalue weighted by Gasteiger charge is 2.29. The van der Waals surface area contributed by atoms with Crippen LogP contribution in [0.1, 0.15) is 29.8 Å². The molecular weight excluding hydrogens is 289 g/mol. The minimum Gasteiger partial charge on any atom is -0.332 e. The van der Waals surface area contributed by atoms with Crippen molar-refractivity contribution in [3.05, 3.63) is 32.9 Å². The van der Waals surface area contributed by atoms with Crippen molar-refractivity contribution in [2.45, 2.75) is 26.4 Å². The minimum absolute atomic E-state index is 0.175. The Morgan fingerprint density at radius 1 is 1.43 bits per heavy atom. The number of nitrogens with zero attached hydrogens (tertiary/aromatic N) is 1. The maximum absolute atomic E-state index is 11.9. The fourth-order valence-corrected chi connectivity index (χ4v) is 2.40. The Labute approximate surface area is 97.4 Å². The molecule has 3 heteroatoms. The zero-order chi connectivity index (χ0) is 10.3. The molecule has 0 atom stereocenters. The van der Waals surface area contributed by atoms with Gasteiger partial charge >= 0.3 is 0 Å². The van der Waals surface area contributed by atoms with Crippen molar-refractivity contribution < 1.29 is 4.79 Å². The van der Waals surface area contributed by atoms with Crippen LogP contribution in [0.15, 0.2) is 18.2 Å². The van der Waals surface area contributed by atoms with Gasteiger partial charge in [-0.25, -0.2) is 0 Å². The number of rotatable bonds is 1. The molecule has 0 radical (unpaired) electrons. The van der Waals surface area contributed by atoms with E-state index in [-0.39, 0.29) is 11.9 Å². The molecule has 0 N–H and O–H groups in total. The van der Waals surface area contributed by atoms with Gasteiger partial charge in [0.2, 0.25) is 0 Å². The highest BCUT2D eigenvalue weighted by atomic mass is 127. The Hall–Kier alpha value is -0.580. The fourth-order valence-electron chi connectivity index (χ4n) is 1.73. The molecule has 74 valence electrons. The van der Waals surface area contributed by atoms with Crippen LogP contribution in [0.5, 0.6) is 0 Å². The second kappa shape index (κ2) is 3.53. The lowest BCUT2D eigenvalue weighted by Gasteiger charge is -2.19. The summed E-state index contributed by atoms with van der Waals surface area (Å²) in [5.41, 5.74) is 2.07. The maximum Gasteiger partial charge on any atom is 0.254 e. The van der Waals surface area contributed by atoms with E-state index in [0.717, 1.165) is 12.1 Å². The summed E-state index contributed by atoms with van der Waals surface area (Å²) in [7, 11) is 0. The van der Waals surface area contributed by atoms with Crippen LogP contribution in [0.3, 0.4) is 0 Å². The SMILES string of the molecule is CC(C)N1Cc2c(I)cccc2C1=O. The standard InChI is InChI=1S/C11H12INO/c1-7(2)13-6-9-8(11(13)14)4-3-5-10(9)12/h3-5,7H,6H2,1-2H3. The number of fused-ring (bicyclic) bond motifs is 1.